The molecule has 1 atom stereocenters. The number of hydrogen-bond acceptors (Lipinski definition) is 6. The van der Waals surface area contributed by atoms with Gasteiger partial charge in [0.25, 0.3) is 0 Å². The van der Waals surface area contributed by atoms with Crippen molar-refractivity contribution < 1.29 is 33.8 Å². The minimum atomic E-state index is -1.19. The molecule has 2 aromatic carbocycles. The smallest absolute Gasteiger partial charge is 0.407 e. The number of alkyl carbamates (subject to hydrolysis) is 2. The Morgan fingerprint density at radius 2 is 1.50 bits per heavy atom. The van der Waals surface area contributed by atoms with E-state index in [2.05, 4.69) is 16.0 Å². The summed E-state index contributed by atoms with van der Waals surface area (Å²) in [7, 11) is 0. The number of carboxylic acid groups (broad SMARTS) is 1. The first kappa shape index (κ1) is 28.5. The van der Waals surface area contributed by atoms with E-state index in [0.29, 0.717) is 19.4 Å². The lowest BCUT2D eigenvalue weighted by atomic mass is 9.98. The van der Waals surface area contributed by atoms with E-state index in [4.69, 9.17) is 14.6 Å². The first-order valence-electron chi connectivity index (χ1n) is 12.6. The first-order valence-corrected chi connectivity index (χ1v) is 12.6. The van der Waals surface area contributed by atoms with Gasteiger partial charge in [0.2, 0.25) is 5.91 Å². The molecule has 0 bridgehead atoms. The number of nitrogens with one attached hydrogen (secondary N) is 3. The SMILES string of the molecule is CC(C)(C)OC(=O)NCCCCC(NC(=O)OCC1c2ccccc2-c2ccccc21)C(=O)NCC(=O)O. The lowest BCUT2D eigenvalue weighted by Gasteiger charge is -2.20. The summed E-state index contributed by atoms with van der Waals surface area (Å²) in [5, 5.41) is 16.4. The lowest BCUT2D eigenvalue weighted by Crippen LogP contribution is -2.48. The highest BCUT2D eigenvalue weighted by atomic mass is 16.6. The van der Waals surface area contributed by atoms with Crippen LogP contribution in [0, 0.1) is 0 Å². The lowest BCUT2D eigenvalue weighted by molar-refractivity contribution is -0.138. The number of amides is 3. The van der Waals surface area contributed by atoms with E-state index in [-0.39, 0.29) is 18.9 Å². The monoisotopic (exact) mass is 525 g/mol. The second-order valence-corrected chi connectivity index (χ2v) is 10.1. The third kappa shape index (κ3) is 8.22. The van der Waals surface area contributed by atoms with Crippen LogP contribution in [0.15, 0.2) is 48.5 Å². The van der Waals surface area contributed by atoms with Crippen LogP contribution in [-0.2, 0) is 19.1 Å². The Morgan fingerprint density at radius 3 is 2.08 bits per heavy atom. The number of hydrogen-bond donors (Lipinski definition) is 4. The van der Waals surface area contributed by atoms with Crippen molar-refractivity contribution in [2.45, 2.75) is 57.6 Å². The van der Waals surface area contributed by atoms with Gasteiger partial charge < -0.3 is 30.5 Å². The van der Waals surface area contributed by atoms with Gasteiger partial charge in [0.15, 0.2) is 0 Å². The van der Waals surface area contributed by atoms with Crippen molar-refractivity contribution in [2.24, 2.45) is 0 Å². The van der Waals surface area contributed by atoms with Crippen molar-refractivity contribution >= 4 is 24.1 Å². The molecule has 1 unspecified atom stereocenters. The van der Waals surface area contributed by atoms with Crippen molar-refractivity contribution in [3.63, 3.8) is 0 Å². The molecule has 0 spiro atoms. The van der Waals surface area contributed by atoms with Crippen molar-refractivity contribution in [1.82, 2.24) is 16.0 Å². The number of aliphatic carboxylic acids is 1. The Bertz CT molecular complexity index is 1110. The molecule has 4 N–H and O–H groups in total. The standard InChI is InChI=1S/C28H35N3O7/c1-28(2,3)38-26(35)29-15-9-8-14-23(25(34)30-16-24(32)33)31-27(36)37-17-22-20-12-6-4-10-18(20)19-11-5-7-13-21(19)22/h4-7,10-13,22-23H,8-9,14-17H2,1-3H3,(H,29,35)(H,30,34)(H,31,36)(H,32,33). The van der Waals surface area contributed by atoms with E-state index < -0.39 is 42.3 Å². The summed E-state index contributed by atoms with van der Waals surface area (Å²) in [5.41, 5.74) is 3.72. The fraction of sp³-hybridized carbons (Fsp3) is 0.429. The average Bonchev–Trinajstić information content (AvgIpc) is 3.17. The van der Waals surface area contributed by atoms with E-state index in [0.717, 1.165) is 22.3 Å². The number of carboxylic acids is 1. The predicted octanol–water partition coefficient (Wildman–Crippen LogP) is 3.79. The number of fused-ring (bicyclic) bond motifs is 3. The van der Waals surface area contributed by atoms with Crippen LogP contribution < -0.4 is 16.0 Å². The normalized spacial score (nSPS) is 13.0. The molecule has 3 amide bonds. The largest absolute Gasteiger partial charge is 0.480 e. The highest BCUT2D eigenvalue weighted by Gasteiger charge is 2.30. The van der Waals surface area contributed by atoms with Gasteiger partial charge in [0, 0.05) is 12.5 Å². The van der Waals surface area contributed by atoms with Crippen LogP contribution in [0.4, 0.5) is 9.59 Å². The summed E-state index contributed by atoms with van der Waals surface area (Å²) in [6.07, 6.45) is -0.0795. The van der Waals surface area contributed by atoms with Crippen LogP contribution in [0.1, 0.15) is 57.1 Å². The second-order valence-electron chi connectivity index (χ2n) is 10.1. The zero-order chi connectivity index (χ0) is 27.7. The van der Waals surface area contributed by atoms with E-state index in [1.165, 1.54) is 0 Å². The molecule has 0 radical (unpaired) electrons. The fourth-order valence-corrected chi connectivity index (χ4v) is 4.32. The summed E-state index contributed by atoms with van der Waals surface area (Å²) in [6, 6.07) is 14.9. The molecule has 1 aliphatic rings. The third-order valence-electron chi connectivity index (χ3n) is 5.95. The molecule has 10 heteroatoms. The molecule has 38 heavy (non-hydrogen) atoms. The first-order chi connectivity index (χ1) is 18.0. The summed E-state index contributed by atoms with van der Waals surface area (Å²) in [6.45, 7) is 5.14. The van der Waals surface area contributed by atoms with Crippen molar-refractivity contribution in [2.75, 3.05) is 19.7 Å². The third-order valence-corrected chi connectivity index (χ3v) is 5.95. The van der Waals surface area contributed by atoms with Gasteiger partial charge in [-0.05, 0) is 62.3 Å². The van der Waals surface area contributed by atoms with Crippen molar-refractivity contribution in [3.8, 4) is 11.1 Å². The maximum absolute atomic E-state index is 12.7. The van der Waals surface area contributed by atoms with E-state index in [9.17, 15) is 19.2 Å². The van der Waals surface area contributed by atoms with Gasteiger partial charge in [-0.2, -0.15) is 0 Å². The van der Waals surface area contributed by atoms with E-state index in [1.807, 2.05) is 48.5 Å². The number of benzene rings is 2. The van der Waals surface area contributed by atoms with Gasteiger partial charge in [-0.15, -0.1) is 0 Å². The molecule has 0 aromatic heterocycles. The van der Waals surface area contributed by atoms with Gasteiger partial charge in [0.05, 0.1) is 0 Å². The molecular weight excluding hydrogens is 490 g/mol. The van der Waals surface area contributed by atoms with Crippen molar-refractivity contribution in [1.29, 1.82) is 0 Å². The van der Waals surface area contributed by atoms with Crippen LogP contribution in [0.3, 0.4) is 0 Å². The number of carbonyl (C=O) groups is 4. The Hall–Kier alpha value is -4.08. The Balaban J connectivity index is 1.54. The topological polar surface area (TPSA) is 143 Å². The van der Waals surface area contributed by atoms with Crippen LogP contribution >= 0.6 is 0 Å². The molecule has 0 fully saturated rings. The van der Waals surface area contributed by atoms with Crippen LogP contribution in [0.2, 0.25) is 0 Å². The number of ether oxygens (including phenoxy) is 2. The predicted molar refractivity (Wildman–Crippen MR) is 141 cm³/mol. The fourth-order valence-electron chi connectivity index (χ4n) is 4.32. The number of rotatable bonds is 11. The number of unbranched alkanes of at least 4 members (excludes halogenated alkanes) is 1. The quantitative estimate of drug-likeness (QED) is 0.327. The highest BCUT2D eigenvalue weighted by molar-refractivity contribution is 5.88. The molecule has 3 rings (SSSR count). The van der Waals surface area contributed by atoms with Crippen LogP contribution in [0.25, 0.3) is 11.1 Å². The van der Waals surface area contributed by atoms with Crippen LogP contribution in [0.5, 0.6) is 0 Å². The van der Waals surface area contributed by atoms with Gasteiger partial charge in [-0.3, -0.25) is 9.59 Å². The summed E-state index contributed by atoms with van der Waals surface area (Å²) in [4.78, 5) is 47.9. The minimum absolute atomic E-state index is 0.0864. The van der Waals surface area contributed by atoms with Crippen LogP contribution in [-0.4, -0.2) is 60.5 Å². The molecule has 0 aliphatic heterocycles. The highest BCUT2D eigenvalue weighted by Crippen LogP contribution is 2.44. The maximum Gasteiger partial charge on any atom is 0.407 e. The van der Waals surface area contributed by atoms with E-state index in [1.54, 1.807) is 20.8 Å². The molecule has 0 saturated heterocycles. The molecule has 204 valence electrons. The molecular formula is C28H35N3O7. The Labute approximate surface area is 222 Å². The minimum Gasteiger partial charge on any atom is -0.480 e. The zero-order valence-electron chi connectivity index (χ0n) is 21.9. The number of carbonyl (C=O) groups excluding carboxylic acids is 3. The maximum atomic E-state index is 12.7. The van der Waals surface area contributed by atoms with Gasteiger partial charge in [-0.25, -0.2) is 9.59 Å². The Morgan fingerprint density at radius 1 is 0.895 bits per heavy atom. The molecule has 2 aromatic rings. The summed E-state index contributed by atoms with van der Waals surface area (Å²) in [5.74, 6) is -1.95. The Kier molecular flexibility index (Phi) is 9.70. The summed E-state index contributed by atoms with van der Waals surface area (Å²) >= 11 is 0. The molecule has 0 heterocycles. The van der Waals surface area contributed by atoms with E-state index >= 15 is 0 Å². The van der Waals surface area contributed by atoms with Gasteiger partial charge in [0.1, 0.15) is 24.8 Å². The van der Waals surface area contributed by atoms with Gasteiger partial charge in [-0.1, -0.05) is 48.5 Å². The van der Waals surface area contributed by atoms with Gasteiger partial charge >= 0.3 is 18.2 Å². The second kappa shape index (κ2) is 12.9. The average molecular weight is 526 g/mol. The molecule has 10 nitrogen and oxygen atoms in total. The molecule has 1 aliphatic carbocycles. The zero-order valence-corrected chi connectivity index (χ0v) is 21.9. The summed E-state index contributed by atoms with van der Waals surface area (Å²) < 4.78 is 10.7. The van der Waals surface area contributed by atoms with Crippen molar-refractivity contribution in [3.05, 3.63) is 59.7 Å². The molecule has 0 saturated carbocycles.